The Morgan fingerprint density at radius 1 is 0.787 bits per heavy atom. The zero-order valence-corrected chi connectivity index (χ0v) is 28.2. The van der Waals surface area contributed by atoms with Crippen molar-refractivity contribution in [3.05, 3.63) is 87.9 Å². The molecule has 10 nitrogen and oxygen atoms in total. The van der Waals surface area contributed by atoms with Crippen molar-refractivity contribution < 1.29 is 19.1 Å². The van der Waals surface area contributed by atoms with Crippen molar-refractivity contribution in [1.82, 2.24) is 14.7 Å². The van der Waals surface area contributed by atoms with E-state index in [0.717, 1.165) is 43.9 Å². The lowest BCUT2D eigenvalue weighted by atomic mass is 10.1. The monoisotopic (exact) mass is 680 g/mol. The van der Waals surface area contributed by atoms with Crippen LogP contribution in [0.1, 0.15) is 28.8 Å². The van der Waals surface area contributed by atoms with Crippen LogP contribution >= 0.6 is 23.2 Å². The summed E-state index contributed by atoms with van der Waals surface area (Å²) in [5.41, 5.74) is 3.70. The maximum atomic E-state index is 13.1. The number of nitrogens with one attached hydrogen (secondary N) is 2. The molecule has 2 heterocycles. The average Bonchev–Trinajstić information content (AvgIpc) is 3.09. The van der Waals surface area contributed by atoms with E-state index in [9.17, 15) is 14.4 Å². The van der Waals surface area contributed by atoms with Gasteiger partial charge >= 0.3 is 6.03 Å². The van der Waals surface area contributed by atoms with E-state index in [-0.39, 0.29) is 27.9 Å². The Morgan fingerprint density at radius 2 is 1.43 bits per heavy atom. The third-order valence-electron chi connectivity index (χ3n) is 8.59. The van der Waals surface area contributed by atoms with Gasteiger partial charge in [0.05, 0.1) is 22.3 Å². The quantitative estimate of drug-likeness (QED) is 0.269. The Hall–Kier alpha value is -3.83. The normalized spacial score (nSPS) is 15.4. The van der Waals surface area contributed by atoms with Gasteiger partial charge in [-0.15, -0.1) is 0 Å². The Bertz CT molecular complexity index is 1490. The molecule has 0 aromatic heterocycles. The van der Waals surface area contributed by atoms with Gasteiger partial charge in [0.25, 0.3) is 5.91 Å². The van der Waals surface area contributed by atoms with E-state index in [2.05, 4.69) is 32.6 Å². The van der Waals surface area contributed by atoms with Gasteiger partial charge < -0.3 is 30.1 Å². The average molecular weight is 682 g/mol. The van der Waals surface area contributed by atoms with E-state index in [1.807, 2.05) is 42.5 Å². The number of hydrogen-bond donors (Lipinski definition) is 2. The first-order valence-corrected chi connectivity index (χ1v) is 16.8. The van der Waals surface area contributed by atoms with Crippen LogP contribution in [0.4, 0.5) is 21.9 Å². The van der Waals surface area contributed by atoms with Crippen LogP contribution in [0.25, 0.3) is 0 Å². The molecule has 47 heavy (non-hydrogen) atoms. The van der Waals surface area contributed by atoms with Crippen LogP contribution in [0.3, 0.4) is 0 Å². The molecule has 0 bridgehead atoms. The van der Waals surface area contributed by atoms with Crippen LogP contribution in [0, 0.1) is 0 Å². The number of nitrogens with zero attached hydrogens (tertiary/aromatic N) is 4. The fourth-order valence-corrected chi connectivity index (χ4v) is 6.41. The second-order valence-corrected chi connectivity index (χ2v) is 12.6. The maximum Gasteiger partial charge on any atom is 0.322 e. The van der Waals surface area contributed by atoms with Crippen molar-refractivity contribution in [1.29, 1.82) is 0 Å². The summed E-state index contributed by atoms with van der Waals surface area (Å²) in [4.78, 5) is 46.7. The minimum absolute atomic E-state index is 0.00206. The number of carbonyl (C=O) groups is 3. The molecule has 2 aliphatic rings. The van der Waals surface area contributed by atoms with Gasteiger partial charge in [0.1, 0.15) is 0 Å². The van der Waals surface area contributed by atoms with Gasteiger partial charge in [-0.25, -0.2) is 4.79 Å². The molecule has 12 heteroatoms. The fraction of sp³-hybridized carbons (Fsp3) is 0.400. The summed E-state index contributed by atoms with van der Waals surface area (Å²) in [6, 6.07) is 20.8. The number of amides is 4. The van der Waals surface area contributed by atoms with E-state index in [1.54, 1.807) is 29.0 Å². The lowest BCUT2D eigenvalue weighted by Crippen LogP contribution is -2.50. The highest BCUT2D eigenvalue weighted by molar-refractivity contribution is 6.40. The summed E-state index contributed by atoms with van der Waals surface area (Å²) in [5.74, 6) is -0.134. The molecule has 250 valence electrons. The van der Waals surface area contributed by atoms with Crippen LogP contribution in [0.2, 0.25) is 10.0 Å². The standard InChI is InChI=1S/C35H42Cl2N6O4/c1-47-23-22-40-14-16-42(17-15-40)34(45)27-24-30(36)33(31(37)25-27)39-35(46)43-20-18-41(19-21-43)29-12-10-28(11-13-29)38-32(44)9-5-8-26-6-3-2-4-7-26/h2-4,6-7,10-13,24-25H,5,8-9,14-23H2,1H3,(H,38,44)(H,39,46). The van der Waals surface area contributed by atoms with Crippen LogP contribution in [0.15, 0.2) is 66.7 Å². The van der Waals surface area contributed by atoms with Crippen LogP contribution in [-0.2, 0) is 16.0 Å². The lowest BCUT2D eigenvalue weighted by molar-refractivity contribution is -0.116. The molecule has 0 radical (unpaired) electrons. The minimum Gasteiger partial charge on any atom is -0.383 e. The number of anilines is 3. The van der Waals surface area contributed by atoms with E-state index < -0.39 is 0 Å². The second-order valence-electron chi connectivity index (χ2n) is 11.8. The van der Waals surface area contributed by atoms with Crippen molar-refractivity contribution in [3.63, 3.8) is 0 Å². The van der Waals surface area contributed by atoms with Gasteiger partial charge in [-0.2, -0.15) is 0 Å². The van der Waals surface area contributed by atoms with Gasteiger partial charge in [-0.1, -0.05) is 53.5 Å². The Morgan fingerprint density at radius 3 is 2.06 bits per heavy atom. The molecule has 2 saturated heterocycles. The topological polar surface area (TPSA) is 97.5 Å². The number of methoxy groups -OCH3 is 1. The fourth-order valence-electron chi connectivity index (χ4n) is 5.82. The van der Waals surface area contributed by atoms with Gasteiger partial charge in [0.15, 0.2) is 0 Å². The molecule has 3 aromatic carbocycles. The third kappa shape index (κ3) is 9.60. The Kier molecular flexibility index (Phi) is 12.4. The summed E-state index contributed by atoms with van der Waals surface area (Å²) in [7, 11) is 1.68. The number of halogens is 2. The largest absolute Gasteiger partial charge is 0.383 e. The number of ether oxygens (including phenoxy) is 1. The highest BCUT2D eigenvalue weighted by atomic mass is 35.5. The first-order valence-electron chi connectivity index (χ1n) is 16.0. The number of benzene rings is 3. The Labute approximate surface area is 286 Å². The molecular weight excluding hydrogens is 639 g/mol. The summed E-state index contributed by atoms with van der Waals surface area (Å²) >= 11 is 13.1. The van der Waals surface area contributed by atoms with Crippen molar-refractivity contribution in [2.24, 2.45) is 0 Å². The zero-order valence-electron chi connectivity index (χ0n) is 26.7. The molecule has 0 saturated carbocycles. The van der Waals surface area contributed by atoms with Crippen LogP contribution < -0.4 is 15.5 Å². The molecule has 2 aliphatic heterocycles. The van der Waals surface area contributed by atoms with E-state index in [0.29, 0.717) is 63.5 Å². The summed E-state index contributed by atoms with van der Waals surface area (Å²) in [6.07, 6.45) is 2.13. The van der Waals surface area contributed by atoms with Crippen molar-refractivity contribution >= 4 is 58.1 Å². The second kappa shape index (κ2) is 16.8. The molecular formula is C35H42Cl2N6O4. The van der Waals surface area contributed by atoms with Crippen molar-refractivity contribution in [3.8, 4) is 0 Å². The predicted octanol–water partition coefficient (Wildman–Crippen LogP) is 5.71. The molecule has 5 rings (SSSR count). The number of urea groups is 1. The number of hydrogen-bond acceptors (Lipinski definition) is 6. The van der Waals surface area contributed by atoms with E-state index >= 15 is 0 Å². The molecule has 4 amide bonds. The summed E-state index contributed by atoms with van der Waals surface area (Å²) in [6.45, 7) is 6.57. The predicted molar refractivity (Wildman–Crippen MR) is 188 cm³/mol. The van der Waals surface area contributed by atoms with Gasteiger partial charge in [-0.3, -0.25) is 14.5 Å². The highest BCUT2D eigenvalue weighted by Gasteiger charge is 2.26. The number of aryl methyl sites for hydroxylation is 1. The molecule has 2 N–H and O–H groups in total. The van der Waals surface area contributed by atoms with Crippen LogP contribution in [-0.4, -0.2) is 105 Å². The Balaban J connectivity index is 1.06. The molecule has 0 unspecified atom stereocenters. The zero-order chi connectivity index (χ0) is 33.2. The van der Waals surface area contributed by atoms with Gasteiger partial charge in [-0.05, 0) is 54.8 Å². The summed E-state index contributed by atoms with van der Waals surface area (Å²) < 4.78 is 5.15. The number of piperazine rings is 2. The minimum atomic E-state index is -0.301. The lowest BCUT2D eigenvalue weighted by Gasteiger charge is -2.36. The van der Waals surface area contributed by atoms with Crippen LogP contribution in [0.5, 0.6) is 0 Å². The first-order chi connectivity index (χ1) is 22.8. The molecule has 0 atom stereocenters. The van der Waals surface area contributed by atoms with E-state index in [4.69, 9.17) is 27.9 Å². The molecule has 3 aromatic rings. The smallest absolute Gasteiger partial charge is 0.322 e. The maximum absolute atomic E-state index is 13.1. The van der Waals surface area contributed by atoms with Gasteiger partial charge in [0, 0.05) is 89.4 Å². The first kappa shape index (κ1) is 34.5. The van der Waals surface area contributed by atoms with Gasteiger partial charge in [0.2, 0.25) is 5.91 Å². The number of carbonyl (C=O) groups excluding carboxylic acids is 3. The number of rotatable bonds is 11. The molecule has 0 spiro atoms. The SMILES string of the molecule is COCCN1CCN(C(=O)c2cc(Cl)c(NC(=O)N3CCN(c4ccc(NC(=O)CCCc5ccccc5)cc4)CC3)c(Cl)c2)CC1. The van der Waals surface area contributed by atoms with Crippen molar-refractivity contribution in [2.45, 2.75) is 19.3 Å². The van der Waals surface area contributed by atoms with Crippen molar-refractivity contribution in [2.75, 3.05) is 88.2 Å². The highest BCUT2D eigenvalue weighted by Crippen LogP contribution is 2.33. The third-order valence-corrected chi connectivity index (χ3v) is 9.18. The summed E-state index contributed by atoms with van der Waals surface area (Å²) in [5, 5.41) is 6.26. The van der Waals surface area contributed by atoms with E-state index in [1.165, 1.54) is 5.56 Å². The molecule has 2 fully saturated rings. The molecule has 0 aliphatic carbocycles.